The third-order valence-electron chi connectivity index (χ3n) is 3.48. The Bertz CT molecular complexity index is 405. The van der Waals surface area contributed by atoms with Gasteiger partial charge in [0, 0.05) is 19.7 Å². The van der Waals surface area contributed by atoms with Crippen molar-refractivity contribution in [3.05, 3.63) is 16.4 Å². The minimum Gasteiger partial charge on any atom is -0.372 e. The van der Waals surface area contributed by atoms with Crippen LogP contribution in [-0.2, 0) is 0 Å². The quantitative estimate of drug-likeness (QED) is 0.856. The molecule has 1 aromatic heterocycles. The molecule has 2 heterocycles. The van der Waals surface area contributed by atoms with Crippen molar-refractivity contribution in [2.24, 2.45) is 5.92 Å². The molecular formula is C12H18Cl2N4. The Hall–Kier alpha value is -0.580. The fraction of sp³-hybridized carbons (Fsp3) is 0.667. The van der Waals surface area contributed by atoms with Crippen molar-refractivity contribution < 1.29 is 0 Å². The fourth-order valence-corrected chi connectivity index (χ4v) is 2.72. The molecule has 0 aromatic carbocycles. The minimum atomic E-state index is 0.379. The molecule has 2 rings (SSSR count). The number of piperidine rings is 1. The third-order valence-corrected chi connectivity index (χ3v) is 3.94. The third kappa shape index (κ3) is 3.46. The lowest BCUT2D eigenvalue weighted by molar-refractivity contribution is 0.222. The van der Waals surface area contributed by atoms with Crippen LogP contribution in [0.2, 0.25) is 10.3 Å². The van der Waals surface area contributed by atoms with E-state index in [-0.39, 0.29) is 0 Å². The molecule has 6 heteroatoms. The van der Waals surface area contributed by atoms with Crippen LogP contribution in [0, 0.1) is 5.92 Å². The Morgan fingerprint density at radius 3 is 2.67 bits per heavy atom. The Morgan fingerprint density at radius 2 is 2.00 bits per heavy atom. The van der Waals surface area contributed by atoms with Gasteiger partial charge in [-0.15, -0.1) is 10.2 Å². The van der Waals surface area contributed by atoms with Crippen molar-refractivity contribution >= 4 is 28.9 Å². The van der Waals surface area contributed by atoms with Crippen LogP contribution in [0.1, 0.15) is 12.8 Å². The summed E-state index contributed by atoms with van der Waals surface area (Å²) >= 11 is 11.9. The van der Waals surface area contributed by atoms with Crippen molar-refractivity contribution in [1.29, 1.82) is 0 Å². The number of hydrogen-bond acceptors (Lipinski definition) is 4. The molecule has 100 valence electrons. The lowest BCUT2D eigenvalue weighted by Crippen LogP contribution is -2.35. The van der Waals surface area contributed by atoms with E-state index in [1.165, 1.54) is 25.9 Å². The molecule has 18 heavy (non-hydrogen) atoms. The molecule has 4 nitrogen and oxygen atoms in total. The topological polar surface area (TPSA) is 32.3 Å². The van der Waals surface area contributed by atoms with Gasteiger partial charge in [0.25, 0.3) is 0 Å². The maximum Gasteiger partial charge on any atom is 0.175 e. The van der Waals surface area contributed by atoms with E-state index in [2.05, 4.69) is 27.0 Å². The zero-order valence-electron chi connectivity index (χ0n) is 10.7. The molecule has 0 unspecified atom stereocenters. The van der Waals surface area contributed by atoms with Crippen molar-refractivity contribution in [3.8, 4) is 0 Å². The molecule has 0 bridgehead atoms. The molecule has 0 saturated carbocycles. The standard InChI is InChI=1S/C12H18Cl2N4/c1-17-5-3-9(4-6-17)8-18(2)10-7-11(13)15-16-12(10)14/h7,9H,3-6,8H2,1-2H3. The monoisotopic (exact) mass is 288 g/mol. The highest BCUT2D eigenvalue weighted by Crippen LogP contribution is 2.26. The number of rotatable bonds is 3. The Kier molecular flexibility index (Phi) is 4.65. The number of nitrogens with zero attached hydrogens (tertiary/aromatic N) is 4. The van der Waals surface area contributed by atoms with E-state index < -0.39 is 0 Å². The average molecular weight is 289 g/mol. The highest BCUT2D eigenvalue weighted by Gasteiger charge is 2.19. The van der Waals surface area contributed by atoms with E-state index in [1.807, 2.05) is 7.05 Å². The second-order valence-electron chi connectivity index (χ2n) is 4.97. The minimum absolute atomic E-state index is 0.379. The van der Waals surface area contributed by atoms with Gasteiger partial charge in [0.05, 0.1) is 5.69 Å². The number of likely N-dealkylation sites (tertiary alicyclic amines) is 1. The van der Waals surface area contributed by atoms with Crippen molar-refractivity contribution in [1.82, 2.24) is 15.1 Å². The predicted molar refractivity (Wildman–Crippen MR) is 75.5 cm³/mol. The molecule has 1 aliphatic rings. The lowest BCUT2D eigenvalue weighted by atomic mass is 9.96. The second kappa shape index (κ2) is 6.04. The Balaban J connectivity index is 1.98. The normalized spacial score (nSPS) is 18.0. The van der Waals surface area contributed by atoms with Gasteiger partial charge in [-0.25, -0.2) is 0 Å². The van der Waals surface area contributed by atoms with Crippen LogP contribution in [0.4, 0.5) is 5.69 Å². The summed E-state index contributed by atoms with van der Waals surface area (Å²) < 4.78 is 0. The first-order valence-corrected chi connectivity index (χ1v) is 6.90. The number of aromatic nitrogens is 2. The first-order valence-electron chi connectivity index (χ1n) is 6.14. The molecular weight excluding hydrogens is 271 g/mol. The predicted octanol–water partition coefficient (Wildman–Crippen LogP) is 2.56. The number of halogens is 2. The van der Waals surface area contributed by atoms with Crippen LogP contribution in [-0.4, -0.2) is 48.8 Å². The Morgan fingerprint density at radius 1 is 1.33 bits per heavy atom. The molecule has 1 saturated heterocycles. The summed E-state index contributed by atoms with van der Waals surface area (Å²) in [7, 11) is 4.20. The van der Waals surface area contributed by atoms with Crippen LogP contribution in [0.25, 0.3) is 0 Å². The molecule has 0 atom stereocenters. The maximum absolute atomic E-state index is 6.05. The second-order valence-corrected chi connectivity index (χ2v) is 5.72. The van der Waals surface area contributed by atoms with Crippen molar-refractivity contribution in [2.75, 3.05) is 38.6 Å². The number of hydrogen-bond donors (Lipinski definition) is 0. The van der Waals surface area contributed by atoms with Crippen LogP contribution in [0.15, 0.2) is 6.07 Å². The largest absolute Gasteiger partial charge is 0.372 e. The zero-order valence-corrected chi connectivity index (χ0v) is 12.2. The van der Waals surface area contributed by atoms with Crippen molar-refractivity contribution in [2.45, 2.75) is 12.8 Å². The first-order chi connectivity index (χ1) is 8.56. The summed E-state index contributed by atoms with van der Waals surface area (Å²) in [6.07, 6.45) is 2.45. The first kappa shape index (κ1) is 13.8. The molecule has 1 aliphatic heterocycles. The van der Waals surface area contributed by atoms with E-state index >= 15 is 0 Å². The van der Waals surface area contributed by atoms with Crippen LogP contribution >= 0.6 is 23.2 Å². The van der Waals surface area contributed by atoms with Gasteiger partial charge in [-0.1, -0.05) is 23.2 Å². The van der Waals surface area contributed by atoms with Gasteiger partial charge >= 0.3 is 0 Å². The van der Waals surface area contributed by atoms with Crippen LogP contribution < -0.4 is 4.90 Å². The van der Waals surface area contributed by atoms with Gasteiger partial charge < -0.3 is 9.80 Å². The molecule has 1 fully saturated rings. The Labute approximate surface area is 118 Å². The maximum atomic E-state index is 6.05. The molecule has 0 amide bonds. The lowest BCUT2D eigenvalue weighted by Gasteiger charge is -2.32. The van der Waals surface area contributed by atoms with E-state index in [1.54, 1.807) is 6.07 Å². The van der Waals surface area contributed by atoms with Gasteiger partial charge in [0.1, 0.15) is 0 Å². The summed E-state index contributed by atoms with van der Waals surface area (Å²) in [5.74, 6) is 0.703. The van der Waals surface area contributed by atoms with E-state index in [0.29, 0.717) is 16.2 Å². The molecule has 1 aromatic rings. The summed E-state index contributed by atoms with van der Waals surface area (Å²) in [6, 6.07) is 1.77. The van der Waals surface area contributed by atoms with E-state index in [0.717, 1.165) is 12.2 Å². The van der Waals surface area contributed by atoms with E-state index in [4.69, 9.17) is 23.2 Å². The van der Waals surface area contributed by atoms with Crippen LogP contribution in [0.3, 0.4) is 0 Å². The van der Waals surface area contributed by atoms with Gasteiger partial charge in [-0.2, -0.15) is 0 Å². The summed E-state index contributed by atoms with van der Waals surface area (Å²) in [5.41, 5.74) is 0.857. The molecule has 0 N–H and O–H groups in total. The summed E-state index contributed by atoms with van der Waals surface area (Å²) in [6.45, 7) is 3.32. The SMILES string of the molecule is CN1CCC(CN(C)c2cc(Cl)nnc2Cl)CC1. The average Bonchev–Trinajstić information content (AvgIpc) is 2.35. The van der Waals surface area contributed by atoms with Gasteiger partial charge in [0.2, 0.25) is 0 Å². The number of anilines is 1. The molecule has 0 aliphatic carbocycles. The van der Waals surface area contributed by atoms with Gasteiger partial charge in [-0.3, -0.25) is 0 Å². The van der Waals surface area contributed by atoms with Crippen molar-refractivity contribution in [3.63, 3.8) is 0 Å². The fourth-order valence-electron chi connectivity index (χ4n) is 2.34. The van der Waals surface area contributed by atoms with E-state index in [9.17, 15) is 0 Å². The molecule has 0 radical (unpaired) electrons. The van der Waals surface area contributed by atoms with Crippen LogP contribution in [0.5, 0.6) is 0 Å². The van der Waals surface area contributed by atoms with Gasteiger partial charge in [0.15, 0.2) is 10.3 Å². The molecule has 0 spiro atoms. The highest BCUT2D eigenvalue weighted by atomic mass is 35.5. The zero-order chi connectivity index (χ0) is 13.1. The smallest absolute Gasteiger partial charge is 0.175 e. The van der Waals surface area contributed by atoms with Gasteiger partial charge in [-0.05, 0) is 38.9 Å². The summed E-state index contributed by atoms with van der Waals surface area (Å²) in [5, 5.41) is 8.36. The highest BCUT2D eigenvalue weighted by molar-refractivity contribution is 6.33. The summed E-state index contributed by atoms with van der Waals surface area (Å²) in [4.78, 5) is 4.49.